The van der Waals surface area contributed by atoms with E-state index in [2.05, 4.69) is 32.9 Å². The number of rotatable bonds is 7. The third-order valence-corrected chi connectivity index (χ3v) is 6.20. The Morgan fingerprint density at radius 2 is 1.82 bits per heavy atom. The van der Waals surface area contributed by atoms with Gasteiger partial charge < -0.3 is 29.9 Å². The maximum Gasteiger partial charge on any atom is 0.333 e. The van der Waals surface area contributed by atoms with Crippen LogP contribution in [0.5, 0.6) is 0 Å². The van der Waals surface area contributed by atoms with E-state index < -0.39 is 43.3 Å². The molecular weight excluding hydrogens is 424 g/mol. The van der Waals surface area contributed by atoms with Crippen molar-refractivity contribution >= 4 is 5.97 Å². The van der Waals surface area contributed by atoms with Crippen molar-refractivity contribution in [1.82, 2.24) is 0 Å². The summed E-state index contributed by atoms with van der Waals surface area (Å²) in [6.07, 6.45) is 7.29. The number of ether oxygens (including phenoxy) is 2. The summed E-state index contributed by atoms with van der Waals surface area (Å²) in [5, 5.41) is 38.7. The highest BCUT2D eigenvalue weighted by molar-refractivity contribution is 5.83. The summed E-state index contributed by atoms with van der Waals surface area (Å²) < 4.78 is 10.2. The lowest BCUT2D eigenvalue weighted by molar-refractivity contribution is -0.291. The van der Waals surface area contributed by atoms with Crippen LogP contribution in [0.15, 0.2) is 58.7 Å². The van der Waals surface area contributed by atoms with Crippen LogP contribution in [0.25, 0.3) is 0 Å². The Bertz CT molecular complexity index is 845. The average molecular weight is 463 g/mol. The fraction of sp³-hybridized carbons (Fsp3) is 0.577. The molecule has 0 amide bonds. The third kappa shape index (κ3) is 7.48. The van der Waals surface area contributed by atoms with Gasteiger partial charge in [0.25, 0.3) is 0 Å². The Morgan fingerprint density at radius 3 is 2.45 bits per heavy atom. The Balaban J connectivity index is 1.96. The Labute approximate surface area is 196 Å². The van der Waals surface area contributed by atoms with E-state index in [1.165, 1.54) is 30.1 Å². The predicted molar refractivity (Wildman–Crippen MR) is 126 cm³/mol. The SMILES string of the molecule is CC1=C(/C=C/C(C)=C/C=C/C(C)=C/C(=O)O[C@@H]2O[C@H](CO)[C@H](O)[C@H](O)[C@H]2O)C(C)(C)CCC1. The van der Waals surface area contributed by atoms with Crippen molar-refractivity contribution in [3.05, 3.63) is 58.7 Å². The maximum absolute atomic E-state index is 12.2. The van der Waals surface area contributed by atoms with Gasteiger partial charge in [0.05, 0.1) is 6.61 Å². The first-order valence-electron chi connectivity index (χ1n) is 11.4. The molecule has 1 saturated heterocycles. The average Bonchev–Trinajstić information content (AvgIpc) is 2.73. The summed E-state index contributed by atoms with van der Waals surface area (Å²) in [7, 11) is 0. The van der Waals surface area contributed by atoms with Gasteiger partial charge in [-0.05, 0) is 56.6 Å². The van der Waals surface area contributed by atoms with E-state index in [0.717, 1.165) is 12.0 Å². The van der Waals surface area contributed by atoms with Crippen LogP contribution < -0.4 is 0 Å². The van der Waals surface area contributed by atoms with Gasteiger partial charge in [0.1, 0.15) is 24.4 Å². The summed E-state index contributed by atoms with van der Waals surface area (Å²) in [6, 6.07) is 0. The van der Waals surface area contributed by atoms with Gasteiger partial charge in [0.15, 0.2) is 0 Å². The molecule has 184 valence electrons. The quantitative estimate of drug-likeness (QED) is 0.261. The zero-order valence-electron chi connectivity index (χ0n) is 20.2. The summed E-state index contributed by atoms with van der Waals surface area (Å²) in [6.45, 7) is 9.92. The topological polar surface area (TPSA) is 116 Å². The van der Waals surface area contributed by atoms with E-state index in [1.54, 1.807) is 13.0 Å². The molecule has 2 aliphatic rings. The standard InChI is InChI=1S/C26H38O7/c1-16(11-12-19-18(3)10-7-13-26(19,4)5)8-6-9-17(2)14-21(28)33-25-24(31)23(30)22(29)20(15-27)32-25/h6,8-9,11-12,14,20,22-25,27,29-31H,7,10,13,15H2,1-5H3/b9-6+,12-11+,16-8+,17-14+/t20-,22+,23+,24-,25+/m1/s1. The van der Waals surface area contributed by atoms with Crippen LogP contribution in [0.4, 0.5) is 0 Å². The Morgan fingerprint density at radius 1 is 1.12 bits per heavy atom. The summed E-state index contributed by atoms with van der Waals surface area (Å²) in [4.78, 5) is 12.2. The largest absolute Gasteiger partial charge is 0.430 e. The second kappa shape index (κ2) is 11.9. The molecule has 0 saturated carbocycles. The fourth-order valence-corrected chi connectivity index (χ4v) is 4.18. The van der Waals surface area contributed by atoms with Crippen molar-refractivity contribution in [2.75, 3.05) is 6.61 Å². The zero-order valence-corrected chi connectivity index (χ0v) is 20.2. The Hall–Kier alpha value is -2.03. The van der Waals surface area contributed by atoms with Gasteiger partial charge in [-0.2, -0.15) is 0 Å². The molecule has 7 heteroatoms. The van der Waals surface area contributed by atoms with E-state index in [4.69, 9.17) is 9.47 Å². The van der Waals surface area contributed by atoms with Crippen molar-refractivity contribution in [2.24, 2.45) is 5.41 Å². The van der Waals surface area contributed by atoms with Crippen LogP contribution in [-0.4, -0.2) is 63.7 Å². The summed E-state index contributed by atoms with van der Waals surface area (Å²) in [5.74, 6) is -0.774. The first-order chi connectivity index (χ1) is 15.5. The van der Waals surface area contributed by atoms with E-state index in [0.29, 0.717) is 5.57 Å². The van der Waals surface area contributed by atoms with Crippen molar-refractivity contribution in [1.29, 1.82) is 0 Å². The molecule has 0 radical (unpaired) electrons. The van der Waals surface area contributed by atoms with Gasteiger partial charge in [-0.15, -0.1) is 0 Å². The van der Waals surface area contributed by atoms with E-state index in [1.807, 2.05) is 19.1 Å². The highest BCUT2D eigenvalue weighted by atomic mass is 16.7. The fourth-order valence-electron chi connectivity index (χ4n) is 4.18. The van der Waals surface area contributed by atoms with Crippen LogP contribution in [0, 0.1) is 5.41 Å². The molecule has 0 unspecified atom stereocenters. The predicted octanol–water partition coefficient (Wildman–Crippen LogP) is 2.86. The lowest BCUT2D eigenvalue weighted by Crippen LogP contribution is -2.59. The molecule has 33 heavy (non-hydrogen) atoms. The summed E-state index contributed by atoms with van der Waals surface area (Å²) >= 11 is 0. The van der Waals surface area contributed by atoms with Crippen LogP contribution in [0.1, 0.15) is 53.9 Å². The number of hydrogen-bond donors (Lipinski definition) is 4. The van der Waals surface area contributed by atoms with Gasteiger partial charge in [-0.25, -0.2) is 4.79 Å². The van der Waals surface area contributed by atoms with E-state index in [-0.39, 0.29) is 5.41 Å². The number of carbonyl (C=O) groups is 1. The number of hydrogen-bond acceptors (Lipinski definition) is 7. The number of allylic oxidation sites excluding steroid dienone is 9. The molecule has 0 spiro atoms. The van der Waals surface area contributed by atoms with Crippen LogP contribution in [0.2, 0.25) is 0 Å². The lowest BCUT2D eigenvalue weighted by atomic mass is 9.72. The maximum atomic E-state index is 12.2. The van der Waals surface area contributed by atoms with Crippen molar-refractivity contribution < 1.29 is 34.7 Å². The third-order valence-electron chi connectivity index (χ3n) is 6.20. The van der Waals surface area contributed by atoms with Gasteiger partial charge in [-0.3, -0.25) is 0 Å². The first-order valence-corrected chi connectivity index (χ1v) is 11.4. The monoisotopic (exact) mass is 462 g/mol. The first kappa shape index (κ1) is 27.2. The summed E-state index contributed by atoms with van der Waals surface area (Å²) in [5.41, 5.74) is 4.73. The van der Waals surface area contributed by atoms with Gasteiger partial charge in [-0.1, -0.05) is 55.4 Å². The molecule has 0 bridgehead atoms. The molecule has 7 nitrogen and oxygen atoms in total. The van der Waals surface area contributed by atoms with Crippen LogP contribution in [0.3, 0.4) is 0 Å². The minimum absolute atomic E-state index is 0.190. The minimum Gasteiger partial charge on any atom is -0.430 e. The normalized spacial score (nSPS) is 31.5. The van der Waals surface area contributed by atoms with Crippen molar-refractivity contribution in [3.63, 3.8) is 0 Å². The number of aliphatic hydroxyl groups is 4. The molecule has 1 aliphatic heterocycles. The number of aliphatic hydroxyl groups excluding tert-OH is 4. The lowest BCUT2D eigenvalue weighted by Gasteiger charge is -2.38. The molecule has 2 rings (SSSR count). The number of carbonyl (C=O) groups excluding carboxylic acids is 1. The van der Waals surface area contributed by atoms with Crippen LogP contribution >= 0.6 is 0 Å². The molecule has 1 heterocycles. The smallest absolute Gasteiger partial charge is 0.333 e. The van der Waals surface area contributed by atoms with E-state index >= 15 is 0 Å². The Kier molecular flexibility index (Phi) is 9.82. The molecule has 1 fully saturated rings. The van der Waals surface area contributed by atoms with Crippen LogP contribution in [-0.2, 0) is 14.3 Å². The molecular formula is C26H38O7. The highest BCUT2D eigenvalue weighted by Crippen LogP contribution is 2.40. The molecule has 4 N–H and O–H groups in total. The van der Waals surface area contributed by atoms with Gasteiger partial charge in [0, 0.05) is 6.08 Å². The second-order valence-corrected chi connectivity index (χ2v) is 9.56. The molecule has 0 aromatic carbocycles. The van der Waals surface area contributed by atoms with Crippen molar-refractivity contribution in [2.45, 2.75) is 84.6 Å². The zero-order chi connectivity index (χ0) is 24.8. The van der Waals surface area contributed by atoms with E-state index in [9.17, 15) is 25.2 Å². The van der Waals surface area contributed by atoms with Gasteiger partial charge >= 0.3 is 5.97 Å². The highest BCUT2D eigenvalue weighted by Gasteiger charge is 2.45. The molecule has 0 aromatic rings. The second-order valence-electron chi connectivity index (χ2n) is 9.56. The molecule has 5 atom stereocenters. The van der Waals surface area contributed by atoms with Crippen molar-refractivity contribution in [3.8, 4) is 0 Å². The minimum atomic E-state index is -1.62. The van der Waals surface area contributed by atoms with Gasteiger partial charge in [0.2, 0.25) is 6.29 Å². The molecule has 0 aromatic heterocycles. The number of esters is 1. The molecule has 1 aliphatic carbocycles.